The van der Waals surface area contributed by atoms with Crippen LogP contribution in [0.3, 0.4) is 0 Å². The normalized spacial score (nSPS) is 11.9. The lowest BCUT2D eigenvalue weighted by Crippen LogP contribution is -2.30. The predicted molar refractivity (Wildman–Crippen MR) is 83.3 cm³/mol. The Hall–Kier alpha value is -1.39. The lowest BCUT2D eigenvalue weighted by molar-refractivity contribution is 0.737. The Morgan fingerprint density at radius 3 is 2.78 bits per heavy atom. The van der Waals surface area contributed by atoms with E-state index in [-0.39, 0.29) is 6.04 Å². The second-order valence-corrected chi connectivity index (χ2v) is 5.59. The summed E-state index contributed by atoms with van der Waals surface area (Å²) in [5.41, 5.74) is 2.24. The molecule has 0 amide bonds. The summed E-state index contributed by atoms with van der Waals surface area (Å²) in [6, 6.07) is 12.6. The maximum absolute atomic E-state index is 5.31. The SMILES string of the molecule is Cc1cccc(NC(=S)N[C@H](C)c2cccs2)c1. The van der Waals surface area contributed by atoms with Gasteiger partial charge in [-0.3, -0.25) is 0 Å². The first-order chi connectivity index (χ1) is 8.65. The Morgan fingerprint density at radius 1 is 1.28 bits per heavy atom. The Bertz CT molecular complexity index is 520. The van der Waals surface area contributed by atoms with Gasteiger partial charge in [0.05, 0.1) is 6.04 Å². The van der Waals surface area contributed by atoms with Crippen molar-refractivity contribution in [1.82, 2.24) is 5.32 Å². The summed E-state index contributed by atoms with van der Waals surface area (Å²) in [6.45, 7) is 4.17. The van der Waals surface area contributed by atoms with E-state index in [9.17, 15) is 0 Å². The zero-order chi connectivity index (χ0) is 13.0. The fourth-order valence-electron chi connectivity index (χ4n) is 1.70. The second-order valence-electron chi connectivity index (χ2n) is 4.21. The molecule has 1 heterocycles. The summed E-state index contributed by atoms with van der Waals surface area (Å²) >= 11 is 7.04. The highest BCUT2D eigenvalue weighted by Crippen LogP contribution is 2.18. The van der Waals surface area contributed by atoms with E-state index in [1.807, 2.05) is 12.1 Å². The highest BCUT2D eigenvalue weighted by molar-refractivity contribution is 7.80. The number of thiophene rings is 1. The van der Waals surface area contributed by atoms with E-state index in [0.29, 0.717) is 5.11 Å². The maximum atomic E-state index is 5.31. The number of benzene rings is 1. The van der Waals surface area contributed by atoms with E-state index >= 15 is 0 Å². The van der Waals surface area contributed by atoms with Gasteiger partial charge in [-0.15, -0.1) is 11.3 Å². The average Bonchev–Trinajstić information content (AvgIpc) is 2.81. The van der Waals surface area contributed by atoms with Crippen molar-refractivity contribution in [3.8, 4) is 0 Å². The molecule has 1 atom stereocenters. The lowest BCUT2D eigenvalue weighted by Gasteiger charge is -2.16. The van der Waals surface area contributed by atoms with Gasteiger partial charge in [0.15, 0.2) is 5.11 Å². The number of hydrogen-bond donors (Lipinski definition) is 2. The van der Waals surface area contributed by atoms with Crippen LogP contribution in [0.1, 0.15) is 23.4 Å². The Kier molecular flexibility index (Phi) is 4.33. The van der Waals surface area contributed by atoms with Gasteiger partial charge < -0.3 is 10.6 Å². The van der Waals surface area contributed by atoms with Crippen molar-refractivity contribution in [3.05, 3.63) is 52.2 Å². The first-order valence-electron chi connectivity index (χ1n) is 5.83. The monoisotopic (exact) mass is 276 g/mol. The Balaban J connectivity index is 1.93. The minimum Gasteiger partial charge on any atom is -0.355 e. The van der Waals surface area contributed by atoms with Gasteiger partial charge in [-0.1, -0.05) is 18.2 Å². The van der Waals surface area contributed by atoms with Gasteiger partial charge in [0.1, 0.15) is 0 Å². The van der Waals surface area contributed by atoms with E-state index in [0.717, 1.165) is 5.69 Å². The van der Waals surface area contributed by atoms with Gasteiger partial charge in [-0.05, 0) is 55.2 Å². The molecule has 2 nitrogen and oxygen atoms in total. The molecule has 0 unspecified atom stereocenters. The molecule has 0 fully saturated rings. The molecule has 0 aliphatic rings. The first kappa shape index (κ1) is 13.1. The third-order valence-electron chi connectivity index (χ3n) is 2.59. The maximum Gasteiger partial charge on any atom is 0.171 e. The molecule has 2 N–H and O–H groups in total. The highest BCUT2D eigenvalue weighted by atomic mass is 32.1. The number of hydrogen-bond acceptors (Lipinski definition) is 2. The number of aryl methyl sites for hydroxylation is 1. The van der Waals surface area contributed by atoms with Crippen molar-refractivity contribution in [2.45, 2.75) is 19.9 Å². The summed E-state index contributed by atoms with van der Waals surface area (Å²) in [5.74, 6) is 0. The van der Waals surface area contributed by atoms with E-state index in [1.54, 1.807) is 11.3 Å². The van der Waals surface area contributed by atoms with Crippen molar-refractivity contribution in [2.75, 3.05) is 5.32 Å². The molecule has 4 heteroatoms. The molecule has 94 valence electrons. The fourth-order valence-corrected chi connectivity index (χ4v) is 2.72. The minimum absolute atomic E-state index is 0.231. The van der Waals surface area contributed by atoms with E-state index < -0.39 is 0 Å². The van der Waals surface area contributed by atoms with E-state index in [1.165, 1.54) is 10.4 Å². The zero-order valence-electron chi connectivity index (χ0n) is 10.4. The topological polar surface area (TPSA) is 24.1 Å². The van der Waals surface area contributed by atoms with Crippen LogP contribution in [0.4, 0.5) is 5.69 Å². The summed E-state index contributed by atoms with van der Waals surface area (Å²) in [5, 5.41) is 9.21. The first-order valence-corrected chi connectivity index (χ1v) is 7.11. The van der Waals surface area contributed by atoms with Gasteiger partial charge in [0.2, 0.25) is 0 Å². The molecule has 18 heavy (non-hydrogen) atoms. The van der Waals surface area contributed by atoms with Gasteiger partial charge in [0.25, 0.3) is 0 Å². The van der Waals surface area contributed by atoms with Crippen molar-refractivity contribution < 1.29 is 0 Å². The molecule has 1 aromatic carbocycles. The molecule has 0 aliphatic heterocycles. The Morgan fingerprint density at radius 2 is 2.11 bits per heavy atom. The molecule has 0 saturated heterocycles. The summed E-state index contributed by atoms with van der Waals surface area (Å²) < 4.78 is 0. The number of thiocarbonyl (C=S) groups is 1. The van der Waals surface area contributed by atoms with Gasteiger partial charge in [-0.25, -0.2) is 0 Å². The molecular weight excluding hydrogens is 260 g/mol. The second kappa shape index (κ2) is 5.98. The smallest absolute Gasteiger partial charge is 0.171 e. The molecule has 0 aliphatic carbocycles. The van der Waals surface area contributed by atoms with Gasteiger partial charge in [0, 0.05) is 10.6 Å². The fraction of sp³-hybridized carbons (Fsp3) is 0.214. The number of rotatable bonds is 3. The molecule has 2 rings (SSSR count). The van der Waals surface area contributed by atoms with Crippen LogP contribution in [0.25, 0.3) is 0 Å². The average molecular weight is 276 g/mol. The third kappa shape index (κ3) is 3.55. The van der Waals surface area contributed by atoms with Crippen LogP contribution >= 0.6 is 23.6 Å². The largest absolute Gasteiger partial charge is 0.355 e. The standard InChI is InChI=1S/C14H16N2S2/c1-10-5-3-6-12(9-10)16-14(17)15-11(2)13-7-4-8-18-13/h3-9,11H,1-2H3,(H2,15,16,17)/t11-/m1/s1. The molecule has 0 bridgehead atoms. The van der Waals surface area contributed by atoms with Crippen molar-refractivity contribution >= 4 is 34.4 Å². The van der Waals surface area contributed by atoms with Gasteiger partial charge in [-0.2, -0.15) is 0 Å². The molecule has 0 saturated carbocycles. The van der Waals surface area contributed by atoms with Crippen molar-refractivity contribution in [1.29, 1.82) is 0 Å². The summed E-state index contributed by atoms with van der Waals surface area (Å²) in [6.07, 6.45) is 0. The van der Waals surface area contributed by atoms with Crippen LogP contribution in [0, 0.1) is 6.92 Å². The van der Waals surface area contributed by atoms with Crippen LogP contribution in [0.15, 0.2) is 41.8 Å². The number of anilines is 1. The summed E-state index contributed by atoms with van der Waals surface area (Å²) in [4.78, 5) is 1.28. The zero-order valence-corrected chi connectivity index (χ0v) is 12.1. The molecule has 2 aromatic rings. The minimum atomic E-state index is 0.231. The summed E-state index contributed by atoms with van der Waals surface area (Å²) in [7, 11) is 0. The van der Waals surface area contributed by atoms with Crippen LogP contribution in [-0.4, -0.2) is 5.11 Å². The Labute approximate surface area is 117 Å². The van der Waals surface area contributed by atoms with Crippen LogP contribution in [0.5, 0.6) is 0 Å². The lowest BCUT2D eigenvalue weighted by atomic mass is 10.2. The van der Waals surface area contributed by atoms with Crippen LogP contribution in [0.2, 0.25) is 0 Å². The quantitative estimate of drug-likeness (QED) is 0.825. The highest BCUT2D eigenvalue weighted by Gasteiger charge is 2.07. The van der Waals surface area contributed by atoms with E-state index in [4.69, 9.17) is 12.2 Å². The molecular formula is C14H16N2S2. The number of nitrogens with one attached hydrogen (secondary N) is 2. The molecule has 0 radical (unpaired) electrons. The third-order valence-corrected chi connectivity index (χ3v) is 3.87. The van der Waals surface area contributed by atoms with Crippen LogP contribution in [-0.2, 0) is 0 Å². The van der Waals surface area contributed by atoms with E-state index in [2.05, 4.69) is 54.1 Å². The predicted octanol–water partition coefficient (Wildman–Crippen LogP) is 4.10. The van der Waals surface area contributed by atoms with Gasteiger partial charge >= 0.3 is 0 Å². The van der Waals surface area contributed by atoms with Crippen molar-refractivity contribution in [2.24, 2.45) is 0 Å². The molecule has 1 aromatic heterocycles. The van der Waals surface area contributed by atoms with Crippen LogP contribution < -0.4 is 10.6 Å². The molecule has 0 spiro atoms. The van der Waals surface area contributed by atoms with Crippen molar-refractivity contribution in [3.63, 3.8) is 0 Å².